The number of aromatic nitrogens is 1. The maximum Gasteiger partial charge on any atom is 0.253 e. The molecule has 0 radical (unpaired) electrons. The molecule has 4 nitrogen and oxygen atoms in total. The lowest BCUT2D eigenvalue weighted by molar-refractivity contribution is 0.0910. The Balaban J connectivity index is 2.05. The van der Waals surface area contributed by atoms with E-state index in [1.165, 1.54) is 31.5 Å². The number of nitrogens with two attached hydrogens (primary N) is 1. The largest absolute Gasteiger partial charge is 0.397 e. The highest BCUT2D eigenvalue weighted by Crippen LogP contribution is 2.29. The SMILES string of the molecule is CC(NC(=O)c1cc(Cl)ncc1N)C1CCC1. The fraction of sp³-hybridized carbons (Fsp3) is 0.500. The predicted molar refractivity (Wildman–Crippen MR) is 67.9 cm³/mol. The number of rotatable bonds is 3. The summed E-state index contributed by atoms with van der Waals surface area (Å²) in [5.41, 5.74) is 6.46. The Hall–Kier alpha value is -1.29. The third-order valence-electron chi connectivity index (χ3n) is 3.36. The van der Waals surface area contributed by atoms with E-state index in [9.17, 15) is 4.79 Å². The maximum absolute atomic E-state index is 12.0. The zero-order chi connectivity index (χ0) is 12.4. The molecule has 1 aliphatic rings. The number of anilines is 1. The van der Waals surface area contributed by atoms with Gasteiger partial charge in [0.15, 0.2) is 0 Å². The second-order valence-corrected chi connectivity index (χ2v) is 4.93. The molecule has 0 saturated heterocycles. The molecule has 1 unspecified atom stereocenters. The third kappa shape index (κ3) is 2.69. The van der Waals surface area contributed by atoms with Gasteiger partial charge in [0.1, 0.15) is 5.15 Å². The van der Waals surface area contributed by atoms with Gasteiger partial charge in [-0.05, 0) is 31.7 Å². The fourth-order valence-electron chi connectivity index (χ4n) is 1.98. The first-order valence-corrected chi connectivity index (χ1v) is 6.17. The van der Waals surface area contributed by atoms with Gasteiger partial charge in [-0.1, -0.05) is 18.0 Å². The summed E-state index contributed by atoms with van der Waals surface area (Å²) in [7, 11) is 0. The first-order chi connectivity index (χ1) is 8.08. The van der Waals surface area contributed by atoms with Crippen LogP contribution in [0.4, 0.5) is 5.69 Å². The minimum atomic E-state index is -0.175. The average molecular weight is 254 g/mol. The molecule has 1 aromatic rings. The molecule has 1 heterocycles. The van der Waals surface area contributed by atoms with Crippen LogP contribution in [-0.2, 0) is 0 Å². The minimum absolute atomic E-state index is 0.175. The van der Waals surface area contributed by atoms with Gasteiger partial charge in [0, 0.05) is 6.04 Å². The molecule has 0 spiro atoms. The minimum Gasteiger partial charge on any atom is -0.397 e. The molecular formula is C12H16ClN3O. The van der Waals surface area contributed by atoms with Crippen LogP contribution in [0.15, 0.2) is 12.3 Å². The van der Waals surface area contributed by atoms with Crippen molar-refractivity contribution in [3.63, 3.8) is 0 Å². The number of pyridine rings is 1. The van der Waals surface area contributed by atoms with Crippen LogP contribution in [0, 0.1) is 5.92 Å². The molecule has 0 aliphatic heterocycles. The Morgan fingerprint density at radius 1 is 1.65 bits per heavy atom. The van der Waals surface area contributed by atoms with Crippen molar-refractivity contribution in [2.75, 3.05) is 5.73 Å². The van der Waals surface area contributed by atoms with E-state index in [1.54, 1.807) is 0 Å². The summed E-state index contributed by atoms with van der Waals surface area (Å²) in [6.07, 6.45) is 5.04. The molecule has 92 valence electrons. The number of halogens is 1. The third-order valence-corrected chi connectivity index (χ3v) is 3.57. The molecule has 1 saturated carbocycles. The topological polar surface area (TPSA) is 68.0 Å². The van der Waals surface area contributed by atoms with Crippen LogP contribution < -0.4 is 11.1 Å². The van der Waals surface area contributed by atoms with Crippen molar-refractivity contribution < 1.29 is 4.79 Å². The number of nitrogens with zero attached hydrogens (tertiary/aromatic N) is 1. The second kappa shape index (κ2) is 4.92. The van der Waals surface area contributed by atoms with Gasteiger partial charge in [0.2, 0.25) is 0 Å². The van der Waals surface area contributed by atoms with Crippen LogP contribution in [0.2, 0.25) is 5.15 Å². The van der Waals surface area contributed by atoms with E-state index >= 15 is 0 Å². The first-order valence-electron chi connectivity index (χ1n) is 5.80. The lowest BCUT2D eigenvalue weighted by Gasteiger charge is -2.31. The summed E-state index contributed by atoms with van der Waals surface area (Å²) in [5.74, 6) is 0.420. The average Bonchev–Trinajstić information content (AvgIpc) is 2.18. The van der Waals surface area contributed by atoms with Crippen LogP contribution in [0.5, 0.6) is 0 Å². The zero-order valence-corrected chi connectivity index (χ0v) is 10.5. The predicted octanol–water partition coefficient (Wildman–Crippen LogP) is 2.24. The van der Waals surface area contributed by atoms with E-state index < -0.39 is 0 Å². The summed E-state index contributed by atoms with van der Waals surface area (Å²) in [4.78, 5) is 15.8. The number of amides is 1. The van der Waals surface area contributed by atoms with E-state index in [1.807, 2.05) is 6.92 Å². The van der Waals surface area contributed by atoms with Gasteiger partial charge in [-0.25, -0.2) is 4.98 Å². The monoisotopic (exact) mass is 253 g/mol. The van der Waals surface area contributed by atoms with Crippen molar-refractivity contribution in [3.05, 3.63) is 23.0 Å². The number of hydrogen-bond donors (Lipinski definition) is 2. The summed E-state index contributed by atoms with van der Waals surface area (Å²) in [5, 5.41) is 3.24. The molecule has 1 atom stereocenters. The van der Waals surface area contributed by atoms with Crippen molar-refractivity contribution in [3.8, 4) is 0 Å². The van der Waals surface area contributed by atoms with Gasteiger partial charge >= 0.3 is 0 Å². The molecule has 0 aromatic carbocycles. The smallest absolute Gasteiger partial charge is 0.253 e. The number of carbonyl (C=O) groups excluding carboxylic acids is 1. The van der Waals surface area contributed by atoms with E-state index in [0.717, 1.165) is 0 Å². The Morgan fingerprint density at radius 3 is 2.94 bits per heavy atom. The second-order valence-electron chi connectivity index (χ2n) is 4.55. The van der Waals surface area contributed by atoms with Crippen LogP contribution in [0.1, 0.15) is 36.5 Å². The van der Waals surface area contributed by atoms with Crippen LogP contribution in [0.25, 0.3) is 0 Å². The van der Waals surface area contributed by atoms with Crippen molar-refractivity contribution in [1.29, 1.82) is 0 Å². The van der Waals surface area contributed by atoms with E-state index in [4.69, 9.17) is 17.3 Å². The van der Waals surface area contributed by atoms with E-state index in [2.05, 4.69) is 10.3 Å². The van der Waals surface area contributed by atoms with Crippen LogP contribution in [-0.4, -0.2) is 16.9 Å². The van der Waals surface area contributed by atoms with Crippen molar-refractivity contribution in [1.82, 2.24) is 10.3 Å². The molecular weight excluding hydrogens is 238 g/mol. The van der Waals surface area contributed by atoms with Gasteiger partial charge in [-0.3, -0.25) is 4.79 Å². The van der Waals surface area contributed by atoms with Crippen molar-refractivity contribution >= 4 is 23.2 Å². The van der Waals surface area contributed by atoms with Gasteiger partial charge in [-0.15, -0.1) is 0 Å². The maximum atomic E-state index is 12.0. The van der Waals surface area contributed by atoms with E-state index in [-0.39, 0.29) is 17.1 Å². The standard InChI is InChI=1S/C12H16ClN3O/c1-7(8-3-2-4-8)16-12(17)9-5-11(13)15-6-10(9)14/h5-8H,2-4,14H2,1H3,(H,16,17). The lowest BCUT2D eigenvalue weighted by atomic mass is 9.80. The molecule has 2 rings (SSSR count). The van der Waals surface area contributed by atoms with Gasteiger partial charge in [0.25, 0.3) is 5.91 Å². The summed E-state index contributed by atoms with van der Waals surface area (Å²) >= 11 is 5.75. The Morgan fingerprint density at radius 2 is 2.35 bits per heavy atom. The highest BCUT2D eigenvalue weighted by molar-refractivity contribution is 6.29. The molecule has 3 N–H and O–H groups in total. The summed E-state index contributed by atoms with van der Waals surface area (Å²) < 4.78 is 0. The number of carbonyl (C=O) groups is 1. The highest BCUT2D eigenvalue weighted by Gasteiger charge is 2.25. The lowest BCUT2D eigenvalue weighted by Crippen LogP contribution is -2.40. The molecule has 1 aliphatic carbocycles. The first kappa shape index (κ1) is 12.2. The number of nitrogen functional groups attached to an aromatic ring is 1. The molecule has 1 amide bonds. The Kier molecular flexibility index (Phi) is 3.52. The van der Waals surface area contributed by atoms with Crippen molar-refractivity contribution in [2.45, 2.75) is 32.2 Å². The Labute approximate surface area is 106 Å². The molecule has 1 aromatic heterocycles. The normalized spacial score (nSPS) is 17.3. The molecule has 1 fully saturated rings. The Bertz CT molecular complexity index is 432. The quantitative estimate of drug-likeness (QED) is 0.812. The van der Waals surface area contributed by atoms with Gasteiger partial charge < -0.3 is 11.1 Å². The number of hydrogen-bond acceptors (Lipinski definition) is 3. The van der Waals surface area contributed by atoms with Crippen LogP contribution >= 0.6 is 11.6 Å². The van der Waals surface area contributed by atoms with Crippen LogP contribution in [0.3, 0.4) is 0 Å². The molecule has 5 heteroatoms. The highest BCUT2D eigenvalue weighted by atomic mass is 35.5. The van der Waals surface area contributed by atoms with E-state index in [0.29, 0.717) is 17.2 Å². The van der Waals surface area contributed by atoms with Gasteiger partial charge in [0.05, 0.1) is 17.4 Å². The molecule has 17 heavy (non-hydrogen) atoms. The van der Waals surface area contributed by atoms with Gasteiger partial charge in [-0.2, -0.15) is 0 Å². The number of nitrogens with one attached hydrogen (secondary N) is 1. The summed E-state index contributed by atoms with van der Waals surface area (Å²) in [6, 6.07) is 1.68. The fourth-order valence-corrected chi connectivity index (χ4v) is 2.14. The van der Waals surface area contributed by atoms with Crippen molar-refractivity contribution in [2.24, 2.45) is 5.92 Å². The summed E-state index contributed by atoms with van der Waals surface area (Å²) in [6.45, 7) is 2.03. The molecule has 0 bridgehead atoms. The zero-order valence-electron chi connectivity index (χ0n) is 9.74.